The van der Waals surface area contributed by atoms with Crippen molar-refractivity contribution in [2.75, 3.05) is 0 Å². The first-order valence-corrected chi connectivity index (χ1v) is 7.91. The van der Waals surface area contributed by atoms with E-state index in [1.807, 2.05) is 0 Å². The van der Waals surface area contributed by atoms with Crippen LogP contribution in [0.5, 0.6) is 0 Å². The van der Waals surface area contributed by atoms with Crippen molar-refractivity contribution in [2.24, 2.45) is 0 Å². The average molecular weight is 345 g/mol. The number of carbonyl (C=O) groups is 3. The van der Waals surface area contributed by atoms with Crippen molar-refractivity contribution in [3.8, 4) is 0 Å². The highest BCUT2D eigenvalue weighted by atomic mass is 16.6. The lowest BCUT2D eigenvalue weighted by Crippen LogP contribution is -2.57. The Hall–Kier alpha value is -1.79. The largest absolute Gasteiger partial charge is 0.481 e. The van der Waals surface area contributed by atoms with Crippen LogP contribution in [0.4, 0.5) is 4.79 Å². The van der Waals surface area contributed by atoms with Gasteiger partial charge in [-0.25, -0.2) is 9.59 Å². The zero-order valence-corrected chi connectivity index (χ0v) is 16.2. The number of carboxylic acids is 1. The molecule has 0 radical (unpaired) electrons. The third kappa shape index (κ3) is 8.17. The molecule has 1 amide bonds. The number of amides is 1. The van der Waals surface area contributed by atoms with Crippen LogP contribution >= 0.6 is 0 Å². The summed E-state index contributed by atoms with van der Waals surface area (Å²) >= 11 is 0. The third-order valence-electron chi connectivity index (χ3n) is 2.67. The van der Waals surface area contributed by atoms with E-state index in [1.54, 1.807) is 62.3 Å². The van der Waals surface area contributed by atoms with Crippen LogP contribution in [-0.4, -0.2) is 50.8 Å². The molecule has 0 aromatic carbocycles. The van der Waals surface area contributed by atoms with E-state index in [9.17, 15) is 19.5 Å². The Morgan fingerprint density at radius 3 is 1.58 bits per heavy atom. The van der Waals surface area contributed by atoms with Crippen LogP contribution in [-0.2, 0) is 19.1 Å². The minimum Gasteiger partial charge on any atom is -0.481 e. The van der Waals surface area contributed by atoms with E-state index in [-0.39, 0.29) is 0 Å². The summed E-state index contributed by atoms with van der Waals surface area (Å²) < 4.78 is 10.7. The van der Waals surface area contributed by atoms with Gasteiger partial charge in [-0.2, -0.15) is 0 Å². The van der Waals surface area contributed by atoms with Crippen molar-refractivity contribution in [1.82, 2.24) is 4.90 Å². The van der Waals surface area contributed by atoms with Crippen LogP contribution in [0.1, 0.15) is 68.7 Å². The number of carbonyl (C=O) groups excluding carboxylic acids is 2. The van der Waals surface area contributed by atoms with Gasteiger partial charge in [-0.15, -0.1) is 0 Å². The molecule has 0 saturated carbocycles. The molecule has 0 aromatic rings. The van der Waals surface area contributed by atoms with Crippen LogP contribution < -0.4 is 0 Å². The van der Waals surface area contributed by atoms with E-state index in [0.717, 1.165) is 4.90 Å². The Morgan fingerprint density at radius 1 is 0.875 bits per heavy atom. The van der Waals surface area contributed by atoms with Crippen LogP contribution in [0.15, 0.2) is 0 Å². The molecule has 0 aromatic heterocycles. The van der Waals surface area contributed by atoms with Crippen molar-refractivity contribution in [3.05, 3.63) is 0 Å². The molecular formula is C17H31NO6. The molecule has 0 bridgehead atoms. The molecule has 0 saturated heterocycles. The minimum atomic E-state index is -1.28. The van der Waals surface area contributed by atoms with Crippen LogP contribution in [0.2, 0.25) is 0 Å². The van der Waals surface area contributed by atoms with Gasteiger partial charge < -0.3 is 14.6 Å². The fourth-order valence-electron chi connectivity index (χ4n) is 1.99. The molecule has 1 atom stereocenters. The first-order chi connectivity index (χ1) is 10.4. The monoisotopic (exact) mass is 345 g/mol. The molecule has 0 aliphatic rings. The summed E-state index contributed by atoms with van der Waals surface area (Å²) in [6.45, 7) is 15.2. The highest BCUT2D eigenvalue weighted by molar-refractivity contribution is 5.86. The molecular weight excluding hydrogens is 314 g/mol. The highest BCUT2D eigenvalue weighted by Crippen LogP contribution is 2.25. The number of ether oxygens (including phenoxy) is 2. The number of aliphatic carboxylic acids is 1. The summed E-state index contributed by atoms with van der Waals surface area (Å²) in [6.07, 6.45) is -1.32. The van der Waals surface area contributed by atoms with Crippen molar-refractivity contribution >= 4 is 18.0 Å². The van der Waals surface area contributed by atoms with E-state index in [1.165, 1.54) is 0 Å². The SMILES string of the molecule is CC(C)(C)OC(=O)[C@H](CC(=O)O)N(C(=O)OC(C)(C)C)C(C)(C)C. The van der Waals surface area contributed by atoms with Crippen molar-refractivity contribution < 1.29 is 29.0 Å². The summed E-state index contributed by atoms with van der Waals surface area (Å²) in [4.78, 5) is 37.5. The van der Waals surface area contributed by atoms with Gasteiger partial charge in [-0.05, 0) is 62.3 Å². The summed E-state index contributed by atoms with van der Waals surface area (Å²) in [5.74, 6) is -1.98. The molecule has 0 fully saturated rings. The third-order valence-corrected chi connectivity index (χ3v) is 2.67. The van der Waals surface area contributed by atoms with E-state index in [2.05, 4.69) is 0 Å². The molecule has 140 valence electrons. The highest BCUT2D eigenvalue weighted by Gasteiger charge is 2.42. The van der Waals surface area contributed by atoms with Gasteiger partial charge >= 0.3 is 18.0 Å². The Bertz CT molecular complexity index is 479. The van der Waals surface area contributed by atoms with Crippen molar-refractivity contribution in [3.63, 3.8) is 0 Å². The lowest BCUT2D eigenvalue weighted by atomic mass is 10.0. The van der Waals surface area contributed by atoms with Gasteiger partial charge in [0.05, 0.1) is 6.42 Å². The minimum absolute atomic E-state index is 0.564. The predicted octanol–water partition coefficient (Wildman–Crippen LogP) is 3.21. The maximum atomic E-state index is 12.6. The summed E-state index contributed by atoms with van der Waals surface area (Å²) in [5, 5.41) is 9.17. The summed E-state index contributed by atoms with van der Waals surface area (Å²) in [5.41, 5.74) is -2.41. The fraction of sp³-hybridized carbons (Fsp3) is 0.824. The second-order valence-electron chi connectivity index (χ2n) is 8.67. The van der Waals surface area contributed by atoms with Crippen LogP contribution in [0.3, 0.4) is 0 Å². The van der Waals surface area contributed by atoms with Gasteiger partial charge in [-0.1, -0.05) is 0 Å². The molecule has 0 aliphatic carbocycles. The lowest BCUT2D eigenvalue weighted by molar-refractivity contribution is -0.166. The van der Waals surface area contributed by atoms with Crippen molar-refractivity contribution in [1.29, 1.82) is 0 Å². The van der Waals surface area contributed by atoms with Gasteiger partial charge in [0.15, 0.2) is 0 Å². The van der Waals surface area contributed by atoms with Crippen LogP contribution in [0, 0.1) is 0 Å². The molecule has 1 N–H and O–H groups in total. The Morgan fingerprint density at radius 2 is 1.29 bits per heavy atom. The quantitative estimate of drug-likeness (QED) is 0.786. The molecule has 0 aliphatic heterocycles. The maximum Gasteiger partial charge on any atom is 0.411 e. The number of carboxylic acid groups (broad SMARTS) is 1. The molecule has 7 heteroatoms. The number of hydrogen-bond acceptors (Lipinski definition) is 5. The molecule has 0 unspecified atom stereocenters. The number of nitrogens with zero attached hydrogens (tertiary/aromatic N) is 1. The normalized spacial score (nSPS) is 13.9. The molecule has 0 heterocycles. The van der Waals surface area contributed by atoms with E-state index in [4.69, 9.17) is 9.47 Å². The first kappa shape index (κ1) is 22.2. The Kier molecular flexibility index (Phi) is 6.85. The Labute approximate surface area is 144 Å². The maximum absolute atomic E-state index is 12.6. The number of hydrogen-bond donors (Lipinski definition) is 1. The van der Waals surface area contributed by atoms with Gasteiger partial charge in [0.2, 0.25) is 0 Å². The molecule has 0 spiro atoms. The number of esters is 1. The van der Waals surface area contributed by atoms with Crippen LogP contribution in [0.25, 0.3) is 0 Å². The molecule has 7 nitrogen and oxygen atoms in total. The fourth-order valence-corrected chi connectivity index (χ4v) is 1.99. The zero-order valence-electron chi connectivity index (χ0n) is 16.2. The molecule has 24 heavy (non-hydrogen) atoms. The second-order valence-corrected chi connectivity index (χ2v) is 8.67. The summed E-state index contributed by atoms with van der Waals surface area (Å²) in [7, 11) is 0. The predicted molar refractivity (Wildman–Crippen MR) is 89.7 cm³/mol. The van der Waals surface area contributed by atoms with Crippen molar-refractivity contribution in [2.45, 2.75) is 91.5 Å². The number of rotatable bonds is 4. The lowest BCUT2D eigenvalue weighted by Gasteiger charge is -2.41. The van der Waals surface area contributed by atoms with E-state index in [0.29, 0.717) is 0 Å². The zero-order chi connectivity index (χ0) is 19.5. The average Bonchev–Trinajstić information content (AvgIpc) is 2.19. The van der Waals surface area contributed by atoms with E-state index >= 15 is 0 Å². The van der Waals surface area contributed by atoms with Gasteiger partial charge in [0, 0.05) is 5.54 Å². The first-order valence-electron chi connectivity index (χ1n) is 7.91. The Balaban J connectivity index is 5.80. The molecule has 0 rings (SSSR count). The summed E-state index contributed by atoms with van der Waals surface area (Å²) in [6, 6.07) is -1.28. The second kappa shape index (κ2) is 7.40. The van der Waals surface area contributed by atoms with Gasteiger partial charge in [0.25, 0.3) is 0 Å². The van der Waals surface area contributed by atoms with Gasteiger partial charge in [0.1, 0.15) is 17.2 Å². The topological polar surface area (TPSA) is 93.1 Å². The van der Waals surface area contributed by atoms with Gasteiger partial charge in [-0.3, -0.25) is 9.69 Å². The standard InChI is InChI=1S/C17H31NO6/c1-15(2,3)18(14(22)24-17(7,8)9)11(10-12(19)20)13(21)23-16(4,5)6/h11H,10H2,1-9H3,(H,19,20)/t11-/m0/s1. The smallest absolute Gasteiger partial charge is 0.411 e. The van der Waals surface area contributed by atoms with E-state index < -0.39 is 47.2 Å².